The lowest BCUT2D eigenvalue weighted by atomic mass is 10.1. The summed E-state index contributed by atoms with van der Waals surface area (Å²) in [7, 11) is 0. The van der Waals surface area contributed by atoms with Crippen LogP contribution in [-0.2, 0) is 14.4 Å². The van der Waals surface area contributed by atoms with E-state index in [4.69, 9.17) is 12.2 Å². The Morgan fingerprint density at radius 1 is 1.03 bits per heavy atom. The number of hydrogen-bond donors (Lipinski definition) is 1. The van der Waals surface area contributed by atoms with E-state index in [1.807, 2.05) is 51.1 Å². The van der Waals surface area contributed by atoms with Gasteiger partial charge in [0.2, 0.25) is 5.91 Å². The third-order valence-electron chi connectivity index (χ3n) is 5.54. The number of hydrogen-bond acceptors (Lipinski definition) is 5. The highest BCUT2D eigenvalue weighted by Crippen LogP contribution is 2.44. The van der Waals surface area contributed by atoms with Crippen LogP contribution >= 0.6 is 24.0 Å². The number of para-hydroxylation sites is 1. The van der Waals surface area contributed by atoms with Gasteiger partial charge in [0.05, 0.1) is 16.2 Å². The summed E-state index contributed by atoms with van der Waals surface area (Å²) in [4.78, 5) is 42.5. The molecule has 1 N–H and O–H groups in total. The highest BCUT2D eigenvalue weighted by molar-refractivity contribution is 8.26. The summed E-state index contributed by atoms with van der Waals surface area (Å²) >= 11 is 6.52. The number of benzene rings is 2. The van der Waals surface area contributed by atoms with E-state index in [2.05, 4.69) is 5.32 Å². The molecule has 0 aromatic heterocycles. The van der Waals surface area contributed by atoms with Gasteiger partial charge in [0.15, 0.2) is 0 Å². The Kier molecular flexibility index (Phi) is 6.17. The molecule has 164 valence electrons. The molecule has 0 saturated carbocycles. The molecule has 0 unspecified atom stereocenters. The Morgan fingerprint density at radius 2 is 1.78 bits per heavy atom. The first-order chi connectivity index (χ1) is 15.3. The molecule has 3 amide bonds. The van der Waals surface area contributed by atoms with E-state index in [0.29, 0.717) is 38.3 Å². The molecule has 2 aromatic carbocycles. The van der Waals surface area contributed by atoms with Crippen molar-refractivity contribution in [2.45, 2.75) is 27.2 Å². The van der Waals surface area contributed by atoms with E-state index in [-0.39, 0.29) is 24.3 Å². The van der Waals surface area contributed by atoms with Crippen LogP contribution in [0.5, 0.6) is 0 Å². The fourth-order valence-corrected chi connectivity index (χ4v) is 5.17. The topological polar surface area (TPSA) is 69.7 Å². The number of carbonyl (C=O) groups is 3. The van der Waals surface area contributed by atoms with Gasteiger partial charge in [-0.15, -0.1) is 0 Å². The first-order valence-electron chi connectivity index (χ1n) is 10.4. The number of thioether (sulfide) groups is 1. The van der Waals surface area contributed by atoms with Crippen LogP contribution in [-0.4, -0.2) is 40.0 Å². The number of fused-ring (bicyclic) bond motifs is 1. The molecular weight excluding hydrogens is 442 g/mol. The van der Waals surface area contributed by atoms with E-state index in [0.717, 1.165) is 29.3 Å². The van der Waals surface area contributed by atoms with Gasteiger partial charge in [0, 0.05) is 17.8 Å². The van der Waals surface area contributed by atoms with Gasteiger partial charge in [-0.1, -0.05) is 55.2 Å². The maximum absolute atomic E-state index is 13.4. The van der Waals surface area contributed by atoms with Crippen molar-refractivity contribution < 1.29 is 14.4 Å². The zero-order valence-corrected chi connectivity index (χ0v) is 19.7. The molecule has 2 heterocycles. The molecule has 4 rings (SSSR count). The van der Waals surface area contributed by atoms with E-state index in [9.17, 15) is 14.4 Å². The second-order valence-corrected chi connectivity index (χ2v) is 9.43. The lowest BCUT2D eigenvalue weighted by molar-refractivity contribution is -0.122. The molecule has 2 aliphatic heterocycles. The van der Waals surface area contributed by atoms with E-state index in [1.54, 1.807) is 12.1 Å². The number of thiocarbonyl (C=S) groups is 1. The minimum Gasteiger partial charge on any atom is -0.325 e. The van der Waals surface area contributed by atoms with Gasteiger partial charge < -0.3 is 5.32 Å². The summed E-state index contributed by atoms with van der Waals surface area (Å²) in [5.41, 5.74) is 4.46. The van der Waals surface area contributed by atoms with Gasteiger partial charge in [0.25, 0.3) is 11.8 Å². The Bertz CT molecular complexity index is 1190. The van der Waals surface area contributed by atoms with Gasteiger partial charge in [-0.05, 0) is 49.6 Å². The molecule has 1 saturated heterocycles. The van der Waals surface area contributed by atoms with Crippen molar-refractivity contribution in [3.8, 4) is 0 Å². The maximum atomic E-state index is 13.4. The van der Waals surface area contributed by atoms with Crippen molar-refractivity contribution in [2.24, 2.45) is 0 Å². The third kappa shape index (κ3) is 3.96. The average Bonchev–Trinajstić information content (AvgIpc) is 3.19. The van der Waals surface area contributed by atoms with Gasteiger partial charge in [0.1, 0.15) is 10.9 Å². The maximum Gasteiger partial charge on any atom is 0.267 e. The molecular formula is C24H23N3O3S2. The lowest BCUT2D eigenvalue weighted by Gasteiger charge is -2.17. The Labute approximate surface area is 196 Å². The molecule has 0 atom stereocenters. The van der Waals surface area contributed by atoms with E-state index in [1.165, 1.54) is 9.80 Å². The summed E-state index contributed by atoms with van der Waals surface area (Å²) in [6.45, 7) is 6.32. The van der Waals surface area contributed by atoms with Crippen LogP contribution in [0.1, 0.15) is 30.0 Å². The average molecular weight is 466 g/mol. The molecule has 0 spiro atoms. The minimum absolute atomic E-state index is 0.151. The number of aryl methyl sites for hydroxylation is 2. The predicted molar refractivity (Wildman–Crippen MR) is 132 cm³/mol. The van der Waals surface area contributed by atoms with Crippen LogP contribution in [0.15, 0.2) is 47.4 Å². The number of rotatable bonds is 5. The van der Waals surface area contributed by atoms with Gasteiger partial charge >= 0.3 is 0 Å². The second-order valence-electron chi connectivity index (χ2n) is 7.78. The highest BCUT2D eigenvalue weighted by Gasteiger charge is 2.42. The van der Waals surface area contributed by atoms with Crippen LogP contribution in [0.25, 0.3) is 5.57 Å². The van der Waals surface area contributed by atoms with Crippen molar-refractivity contribution in [1.82, 2.24) is 4.90 Å². The Balaban J connectivity index is 1.63. The molecule has 6 nitrogen and oxygen atoms in total. The number of carbonyl (C=O) groups excluding carboxylic acids is 3. The van der Waals surface area contributed by atoms with Crippen molar-refractivity contribution in [3.05, 3.63) is 64.1 Å². The van der Waals surface area contributed by atoms with Gasteiger partial charge in [-0.3, -0.25) is 24.2 Å². The van der Waals surface area contributed by atoms with Crippen LogP contribution in [0, 0.1) is 13.8 Å². The fraction of sp³-hybridized carbons (Fsp3) is 0.250. The number of nitrogens with zero attached hydrogens (tertiary/aromatic N) is 2. The molecule has 1 fully saturated rings. The zero-order valence-electron chi connectivity index (χ0n) is 18.1. The third-order valence-corrected chi connectivity index (χ3v) is 6.99. The van der Waals surface area contributed by atoms with Crippen LogP contribution in [0.3, 0.4) is 0 Å². The summed E-state index contributed by atoms with van der Waals surface area (Å²) in [5.74, 6) is -0.920. The minimum atomic E-state index is -0.363. The normalized spacial score (nSPS) is 17.9. The van der Waals surface area contributed by atoms with E-state index < -0.39 is 0 Å². The van der Waals surface area contributed by atoms with Crippen molar-refractivity contribution in [2.75, 3.05) is 23.3 Å². The lowest BCUT2D eigenvalue weighted by Crippen LogP contribution is -2.35. The first-order valence-corrected chi connectivity index (χ1v) is 11.6. The van der Waals surface area contributed by atoms with Crippen LogP contribution in [0.4, 0.5) is 11.4 Å². The molecule has 32 heavy (non-hydrogen) atoms. The molecule has 0 bridgehead atoms. The summed E-state index contributed by atoms with van der Waals surface area (Å²) in [6, 6.07) is 12.9. The first kappa shape index (κ1) is 22.2. The molecule has 0 radical (unpaired) electrons. The van der Waals surface area contributed by atoms with E-state index >= 15 is 0 Å². The van der Waals surface area contributed by atoms with Crippen molar-refractivity contribution >= 4 is 63.0 Å². The van der Waals surface area contributed by atoms with Crippen LogP contribution in [0.2, 0.25) is 0 Å². The molecule has 8 heteroatoms. The van der Waals surface area contributed by atoms with Crippen molar-refractivity contribution in [3.63, 3.8) is 0 Å². The second kappa shape index (κ2) is 8.88. The van der Waals surface area contributed by atoms with Gasteiger partial charge in [-0.2, -0.15) is 0 Å². The number of anilines is 2. The summed E-state index contributed by atoms with van der Waals surface area (Å²) in [5, 5.41) is 2.86. The quantitative estimate of drug-likeness (QED) is 0.528. The Hall–Kier alpha value is -2.97. The Morgan fingerprint density at radius 3 is 2.50 bits per heavy atom. The van der Waals surface area contributed by atoms with Gasteiger partial charge in [-0.25, -0.2) is 0 Å². The molecule has 0 aliphatic carbocycles. The molecule has 2 aliphatic rings. The monoisotopic (exact) mass is 465 g/mol. The standard InChI is InChI=1S/C24H23N3O3S2/c1-4-11-26-23(30)21(32-24(26)31)20-17-7-5-6-8-18(17)27(22(20)29)13-19(28)25-16-10-9-14(2)15(3)12-16/h5-10,12H,4,11,13H2,1-3H3,(H,25,28)/b21-20+. The number of nitrogens with one attached hydrogen (secondary N) is 1. The highest BCUT2D eigenvalue weighted by atomic mass is 32.2. The zero-order chi connectivity index (χ0) is 23.0. The predicted octanol–water partition coefficient (Wildman–Crippen LogP) is 4.27. The van der Waals surface area contributed by atoms with Crippen molar-refractivity contribution in [1.29, 1.82) is 0 Å². The number of amides is 3. The smallest absolute Gasteiger partial charge is 0.267 e. The fourth-order valence-electron chi connectivity index (χ4n) is 3.79. The summed E-state index contributed by atoms with van der Waals surface area (Å²) < 4.78 is 0.454. The molecule has 2 aromatic rings. The largest absolute Gasteiger partial charge is 0.325 e. The summed E-state index contributed by atoms with van der Waals surface area (Å²) in [6.07, 6.45) is 0.768. The SMILES string of the molecule is CCCN1C(=O)/C(=C2\C(=O)N(CC(=O)Nc3ccc(C)c(C)c3)c3ccccc32)SC1=S. The van der Waals surface area contributed by atoms with Crippen LogP contribution < -0.4 is 10.2 Å².